The summed E-state index contributed by atoms with van der Waals surface area (Å²) < 4.78 is 26.8. The summed E-state index contributed by atoms with van der Waals surface area (Å²) in [5, 5.41) is 0.0420. The number of hydrogen-bond donors (Lipinski definition) is 1. The highest BCUT2D eigenvalue weighted by molar-refractivity contribution is 7.89. The van der Waals surface area contributed by atoms with E-state index in [1.54, 1.807) is 12.4 Å². The van der Waals surface area contributed by atoms with Crippen LogP contribution in [0, 0.1) is 5.41 Å². The molecule has 1 aromatic rings. The molecule has 0 spiro atoms. The Hall–Kier alpha value is -0.650. The lowest BCUT2D eigenvalue weighted by molar-refractivity contribution is 0.137. The maximum absolute atomic E-state index is 12.0. The summed E-state index contributed by atoms with van der Waals surface area (Å²) >= 11 is 6.10. The minimum Gasteiger partial charge on any atom is -0.265 e. The minimum absolute atomic E-state index is 0.0420. The lowest BCUT2D eigenvalue weighted by Gasteiger charge is -2.49. The molecule has 0 radical (unpaired) electrons. The van der Waals surface area contributed by atoms with E-state index >= 15 is 0 Å². The van der Waals surface area contributed by atoms with E-state index in [9.17, 15) is 8.42 Å². The Morgan fingerprint density at radius 1 is 1.42 bits per heavy atom. The normalized spacial score (nSPS) is 25.8. The molecule has 1 aromatic heterocycles. The van der Waals surface area contributed by atoms with Gasteiger partial charge in [0.05, 0.1) is 5.75 Å². The fraction of sp³-hybridized carbons (Fsp3) is 0.615. The van der Waals surface area contributed by atoms with Crippen molar-refractivity contribution in [2.24, 2.45) is 5.41 Å². The van der Waals surface area contributed by atoms with Crippen LogP contribution < -0.4 is 4.72 Å². The van der Waals surface area contributed by atoms with Gasteiger partial charge < -0.3 is 0 Å². The molecule has 2 unspecified atom stereocenters. The van der Waals surface area contributed by atoms with Crippen LogP contribution in [0.25, 0.3) is 0 Å². The largest absolute Gasteiger partial charge is 0.265 e. The minimum atomic E-state index is -3.26. The zero-order valence-corrected chi connectivity index (χ0v) is 12.7. The van der Waals surface area contributed by atoms with Crippen molar-refractivity contribution >= 4 is 21.6 Å². The zero-order chi connectivity index (χ0) is 14.1. The smallest absolute Gasteiger partial charge is 0.212 e. The van der Waals surface area contributed by atoms with Crippen LogP contribution in [0.5, 0.6) is 0 Å². The monoisotopic (exact) mass is 302 g/mol. The Morgan fingerprint density at radius 2 is 2.05 bits per heavy atom. The molecule has 0 saturated heterocycles. The van der Waals surface area contributed by atoms with E-state index in [0.29, 0.717) is 12.8 Å². The van der Waals surface area contributed by atoms with Crippen molar-refractivity contribution in [1.29, 1.82) is 0 Å². The number of nitrogens with one attached hydrogen (secondary N) is 1. The van der Waals surface area contributed by atoms with Gasteiger partial charge in [-0.05, 0) is 36.0 Å². The molecule has 106 valence electrons. The molecule has 1 saturated carbocycles. The van der Waals surface area contributed by atoms with E-state index in [0.717, 1.165) is 5.56 Å². The maximum atomic E-state index is 12.0. The Kier molecular flexibility index (Phi) is 4.18. The molecule has 0 aromatic carbocycles. The Morgan fingerprint density at radius 3 is 2.58 bits per heavy atom. The van der Waals surface area contributed by atoms with Crippen LogP contribution >= 0.6 is 11.6 Å². The van der Waals surface area contributed by atoms with E-state index < -0.39 is 10.0 Å². The molecule has 2 atom stereocenters. The van der Waals surface area contributed by atoms with Crippen LogP contribution in [0.3, 0.4) is 0 Å². The lowest BCUT2D eigenvalue weighted by atomic mass is 9.67. The number of nitrogens with zero attached hydrogens (tertiary/aromatic N) is 1. The van der Waals surface area contributed by atoms with Crippen molar-refractivity contribution in [3.05, 3.63) is 30.1 Å². The highest BCUT2D eigenvalue weighted by atomic mass is 35.5. The number of rotatable bonds is 5. The second kappa shape index (κ2) is 5.38. The van der Waals surface area contributed by atoms with Crippen molar-refractivity contribution < 1.29 is 8.42 Å². The molecular formula is C13H19ClN2O2S. The van der Waals surface area contributed by atoms with Crippen molar-refractivity contribution in [3.63, 3.8) is 0 Å². The summed E-state index contributed by atoms with van der Waals surface area (Å²) in [4.78, 5) is 3.91. The van der Waals surface area contributed by atoms with Gasteiger partial charge >= 0.3 is 0 Å². The highest BCUT2D eigenvalue weighted by Crippen LogP contribution is 2.44. The summed E-state index contributed by atoms with van der Waals surface area (Å²) in [5.41, 5.74) is 0.800. The third-order valence-electron chi connectivity index (χ3n) is 3.88. The van der Waals surface area contributed by atoms with Crippen molar-refractivity contribution in [2.45, 2.75) is 38.1 Å². The number of aromatic nitrogens is 1. The molecule has 6 heteroatoms. The topological polar surface area (TPSA) is 59.1 Å². The molecule has 1 aliphatic rings. The first kappa shape index (κ1) is 14.8. The average Bonchev–Trinajstić information content (AvgIpc) is 2.37. The summed E-state index contributed by atoms with van der Waals surface area (Å²) in [6, 6.07) is 3.60. The molecule has 0 bridgehead atoms. The van der Waals surface area contributed by atoms with Gasteiger partial charge in [0, 0.05) is 23.8 Å². The third-order valence-corrected chi connectivity index (χ3v) is 6.00. The summed E-state index contributed by atoms with van der Waals surface area (Å²) in [5.74, 6) is 0.0938. The van der Waals surface area contributed by atoms with Crippen molar-refractivity contribution in [1.82, 2.24) is 9.71 Å². The van der Waals surface area contributed by atoms with Crippen LogP contribution in [-0.4, -0.2) is 30.6 Å². The van der Waals surface area contributed by atoms with Crippen LogP contribution in [0.1, 0.15) is 25.8 Å². The SMILES string of the molecule is CC1(C)C(Cl)CC1NS(=O)(=O)CCc1ccncc1. The Bertz CT molecular complexity index is 531. The molecule has 1 N–H and O–H groups in total. The molecule has 0 amide bonds. The summed E-state index contributed by atoms with van der Waals surface area (Å²) in [6.45, 7) is 3.98. The predicted octanol–water partition coefficient (Wildman–Crippen LogP) is 1.95. The first-order valence-corrected chi connectivity index (χ1v) is 8.43. The molecular weight excluding hydrogens is 284 g/mol. The standard InChI is InChI=1S/C13H19ClN2O2S/c1-13(2)11(14)9-12(13)16-19(17,18)8-5-10-3-6-15-7-4-10/h3-4,6-7,11-12,16H,5,8-9H2,1-2H3. The number of aryl methyl sites for hydroxylation is 1. The lowest BCUT2D eigenvalue weighted by Crippen LogP contribution is -2.59. The molecule has 2 rings (SSSR count). The van der Waals surface area contributed by atoms with E-state index in [2.05, 4.69) is 9.71 Å². The van der Waals surface area contributed by atoms with Crippen LogP contribution in [0.15, 0.2) is 24.5 Å². The van der Waals surface area contributed by atoms with Gasteiger partial charge in [-0.15, -0.1) is 11.6 Å². The summed E-state index contributed by atoms with van der Waals surface area (Å²) in [6.07, 6.45) is 4.53. The quantitative estimate of drug-likeness (QED) is 0.846. The number of hydrogen-bond acceptors (Lipinski definition) is 3. The maximum Gasteiger partial charge on any atom is 0.212 e. The van der Waals surface area contributed by atoms with Crippen molar-refractivity contribution in [2.75, 3.05) is 5.75 Å². The summed E-state index contributed by atoms with van der Waals surface area (Å²) in [7, 11) is -3.26. The average molecular weight is 303 g/mol. The van der Waals surface area contributed by atoms with Gasteiger partial charge in [-0.1, -0.05) is 13.8 Å². The van der Waals surface area contributed by atoms with Gasteiger partial charge in [0.15, 0.2) is 0 Å². The fourth-order valence-electron chi connectivity index (χ4n) is 2.15. The number of sulfonamides is 1. The Balaban J connectivity index is 1.90. The van der Waals surface area contributed by atoms with Gasteiger partial charge in [-0.3, -0.25) is 4.98 Å². The molecule has 1 aliphatic carbocycles. The highest BCUT2D eigenvalue weighted by Gasteiger charge is 2.48. The van der Waals surface area contributed by atoms with Crippen LogP contribution in [0.4, 0.5) is 0 Å². The Labute approximate surface area is 119 Å². The van der Waals surface area contributed by atoms with E-state index in [1.807, 2.05) is 26.0 Å². The second-order valence-electron chi connectivity index (χ2n) is 5.62. The van der Waals surface area contributed by atoms with Gasteiger partial charge in [-0.2, -0.15) is 0 Å². The first-order valence-electron chi connectivity index (χ1n) is 6.34. The van der Waals surface area contributed by atoms with Crippen molar-refractivity contribution in [3.8, 4) is 0 Å². The number of pyridine rings is 1. The van der Waals surface area contributed by atoms with Gasteiger partial charge in [0.25, 0.3) is 0 Å². The van der Waals surface area contributed by atoms with E-state index in [4.69, 9.17) is 11.6 Å². The second-order valence-corrected chi connectivity index (χ2v) is 8.02. The first-order chi connectivity index (χ1) is 8.81. The fourth-order valence-corrected chi connectivity index (χ4v) is 3.94. The molecule has 1 heterocycles. The van der Waals surface area contributed by atoms with Gasteiger partial charge in [0.2, 0.25) is 10.0 Å². The molecule has 4 nitrogen and oxygen atoms in total. The number of alkyl halides is 1. The molecule has 1 fully saturated rings. The zero-order valence-electron chi connectivity index (χ0n) is 11.1. The van der Waals surface area contributed by atoms with Crippen LogP contribution in [0.2, 0.25) is 0 Å². The number of halogens is 1. The van der Waals surface area contributed by atoms with Crippen LogP contribution in [-0.2, 0) is 16.4 Å². The van der Waals surface area contributed by atoms with E-state index in [-0.39, 0.29) is 22.6 Å². The van der Waals surface area contributed by atoms with Gasteiger partial charge in [0.1, 0.15) is 0 Å². The van der Waals surface area contributed by atoms with Gasteiger partial charge in [-0.25, -0.2) is 13.1 Å². The molecule has 0 aliphatic heterocycles. The third kappa shape index (κ3) is 3.46. The molecule has 19 heavy (non-hydrogen) atoms. The van der Waals surface area contributed by atoms with E-state index in [1.165, 1.54) is 0 Å². The predicted molar refractivity (Wildman–Crippen MR) is 76.7 cm³/mol.